The topological polar surface area (TPSA) is 70.1 Å². The smallest absolute Gasteiger partial charge is 0.247 e. The van der Waals surface area contributed by atoms with E-state index in [1.54, 1.807) is 25.1 Å². The van der Waals surface area contributed by atoms with Crippen LogP contribution in [0.2, 0.25) is 0 Å². The molecule has 0 spiro atoms. The molecule has 2 saturated carbocycles. The van der Waals surface area contributed by atoms with Crippen LogP contribution in [0, 0.1) is 29.6 Å². The van der Waals surface area contributed by atoms with E-state index >= 15 is 0 Å². The maximum atomic E-state index is 13.6. The Labute approximate surface area is 199 Å². The Bertz CT molecular complexity index is 989. The highest BCUT2D eigenvalue weighted by atomic mass is 32.2. The number of nitrogens with zero attached hydrogens (tertiary/aromatic N) is 2. The lowest BCUT2D eigenvalue weighted by Gasteiger charge is -2.37. The SMILES string of the molecule is C[C@H](CO)N1C[C@H](C)[C@@H](CN(C)CC2CCCC2)Oc2cc(C#CC3CC3)ccc2S1(=O)=O. The first-order valence-corrected chi connectivity index (χ1v) is 13.9. The fourth-order valence-corrected chi connectivity index (χ4v) is 6.78. The second-order valence-electron chi connectivity index (χ2n) is 10.3. The molecule has 6 nitrogen and oxygen atoms in total. The Morgan fingerprint density at radius 2 is 1.94 bits per heavy atom. The molecule has 0 saturated heterocycles. The van der Waals surface area contributed by atoms with E-state index in [1.807, 2.05) is 6.92 Å². The van der Waals surface area contributed by atoms with Crippen LogP contribution in [0.4, 0.5) is 0 Å². The summed E-state index contributed by atoms with van der Waals surface area (Å²) in [4.78, 5) is 2.50. The number of sulfonamides is 1. The first kappa shape index (κ1) is 24.5. The minimum absolute atomic E-state index is 0.0332. The molecule has 0 amide bonds. The molecule has 3 atom stereocenters. The van der Waals surface area contributed by atoms with E-state index in [-0.39, 0.29) is 23.5 Å². The number of hydrogen-bond acceptors (Lipinski definition) is 5. The fourth-order valence-electron chi connectivity index (χ4n) is 4.95. The van der Waals surface area contributed by atoms with Crippen LogP contribution in [0.3, 0.4) is 0 Å². The normalized spacial score (nSPS) is 26.6. The van der Waals surface area contributed by atoms with Crippen LogP contribution < -0.4 is 4.74 Å². The first-order chi connectivity index (χ1) is 15.8. The zero-order valence-corrected chi connectivity index (χ0v) is 21.0. The van der Waals surface area contributed by atoms with E-state index in [0.29, 0.717) is 18.2 Å². The molecule has 33 heavy (non-hydrogen) atoms. The predicted molar refractivity (Wildman–Crippen MR) is 130 cm³/mol. The van der Waals surface area contributed by atoms with Crippen molar-refractivity contribution in [3.05, 3.63) is 23.8 Å². The molecule has 3 aliphatic rings. The maximum absolute atomic E-state index is 13.6. The monoisotopic (exact) mass is 474 g/mol. The molecule has 7 heteroatoms. The largest absolute Gasteiger partial charge is 0.487 e. The van der Waals surface area contributed by atoms with Gasteiger partial charge in [-0.3, -0.25) is 0 Å². The van der Waals surface area contributed by atoms with Crippen molar-refractivity contribution in [3.8, 4) is 17.6 Å². The second-order valence-corrected chi connectivity index (χ2v) is 12.2. The van der Waals surface area contributed by atoms with Gasteiger partial charge in [0, 0.05) is 43.1 Å². The van der Waals surface area contributed by atoms with Gasteiger partial charge in [-0.1, -0.05) is 31.6 Å². The Hall–Kier alpha value is -1.59. The van der Waals surface area contributed by atoms with Gasteiger partial charge in [0.25, 0.3) is 0 Å². The molecule has 1 aromatic rings. The number of benzene rings is 1. The minimum atomic E-state index is -3.81. The fraction of sp³-hybridized carbons (Fsp3) is 0.692. The van der Waals surface area contributed by atoms with Gasteiger partial charge < -0.3 is 14.7 Å². The number of hydrogen-bond donors (Lipinski definition) is 1. The maximum Gasteiger partial charge on any atom is 0.247 e. The van der Waals surface area contributed by atoms with Crippen molar-refractivity contribution < 1.29 is 18.3 Å². The lowest BCUT2D eigenvalue weighted by atomic mass is 10.0. The third-order valence-corrected chi connectivity index (χ3v) is 9.22. The number of aliphatic hydroxyl groups excluding tert-OH is 1. The molecule has 1 N–H and O–H groups in total. The Morgan fingerprint density at radius 1 is 1.21 bits per heavy atom. The molecule has 1 heterocycles. The van der Waals surface area contributed by atoms with E-state index in [9.17, 15) is 13.5 Å². The summed E-state index contributed by atoms with van der Waals surface area (Å²) in [7, 11) is -1.67. The van der Waals surface area contributed by atoms with Crippen molar-refractivity contribution in [2.45, 2.75) is 69.4 Å². The van der Waals surface area contributed by atoms with E-state index < -0.39 is 16.1 Å². The molecule has 182 valence electrons. The van der Waals surface area contributed by atoms with E-state index in [1.165, 1.54) is 30.0 Å². The lowest BCUT2D eigenvalue weighted by Crippen LogP contribution is -2.49. The molecule has 0 unspecified atom stereocenters. The molecule has 2 aliphatic carbocycles. The van der Waals surface area contributed by atoms with Gasteiger partial charge in [0.15, 0.2) is 0 Å². The summed E-state index contributed by atoms with van der Waals surface area (Å²) in [5.74, 6) is 7.99. The van der Waals surface area contributed by atoms with E-state index in [2.05, 4.69) is 23.8 Å². The summed E-state index contributed by atoms with van der Waals surface area (Å²) in [5, 5.41) is 9.79. The van der Waals surface area contributed by atoms with Crippen LogP contribution in [0.5, 0.6) is 5.75 Å². The predicted octanol–water partition coefficient (Wildman–Crippen LogP) is 3.34. The average molecular weight is 475 g/mol. The highest BCUT2D eigenvalue weighted by molar-refractivity contribution is 7.89. The molecule has 4 rings (SSSR count). The number of fused-ring (bicyclic) bond motifs is 1. The average Bonchev–Trinajstić information content (AvgIpc) is 3.48. The van der Waals surface area contributed by atoms with Crippen LogP contribution in [-0.2, 0) is 10.0 Å². The van der Waals surface area contributed by atoms with Gasteiger partial charge in [-0.15, -0.1) is 0 Å². The highest BCUT2D eigenvalue weighted by Gasteiger charge is 2.38. The summed E-state index contributed by atoms with van der Waals surface area (Å²) in [6.07, 6.45) is 7.34. The van der Waals surface area contributed by atoms with Gasteiger partial charge in [0.05, 0.1) is 6.61 Å². The number of ether oxygens (including phenoxy) is 1. The van der Waals surface area contributed by atoms with Crippen molar-refractivity contribution in [2.24, 2.45) is 17.8 Å². The molecule has 2 fully saturated rings. The van der Waals surface area contributed by atoms with Gasteiger partial charge in [0.2, 0.25) is 10.0 Å². The molecule has 1 aliphatic heterocycles. The summed E-state index contributed by atoms with van der Waals surface area (Å²) in [6, 6.07) is 4.66. The molecule has 0 aromatic heterocycles. The standard InChI is InChI=1S/C26H38N2O4S/c1-19-15-28(20(2)18-29)33(30,31)26-13-12-22(11-10-21-8-9-21)14-24(26)32-25(19)17-27(3)16-23-6-4-5-7-23/h12-14,19-21,23,25,29H,4-9,15-18H2,1-3H3/t19-,20+,25+/m0/s1. The number of likely N-dealkylation sites (N-methyl/N-ethyl adjacent to an activating group) is 1. The Morgan fingerprint density at radius 3 is 2.61 bits per heavy atom. The zero-order chi connectivity index (χ0) is 23.6. The summed E-state index contributed by atoms with van der Waals surface area (Å²) in [5.41, 5.74) is 0.781. The highest BCUT2D eigenvalue weighted by Crippen LogP contribution is 2.35. The van der Waals surface area contributed by atoms with Crippen molar-refractivity contribution in [3.63, 3.8) is 0 Å². The van der Waals surface area contributed by atoms with Gasteiger partial charge in [-0.2, -0.15) is 4.31 Å². The second kappa shape index (κ2) is 10.4. The van der Waals surface area contributed by atoms with Crippen molar-refractivity contribution in [1.82, 2.24) is 9.21 Å². The summed E-state index contributed by atoms with van der Waals surface area (Å²) in [6.45, 7) is 5.66. The third-order valence-electron chi connectivity index (χ3n) is 7.20. The zero-order valence-electron chi connectivity index (χ0n) is 20.2. The van der Waals surface area contributed by atoms with Crippen LogP contribution in [0.15, 0.2) is 23.1 Å². The quantitative estimate of drug-likeness (QED) is 0.641. The third kappa shape index (κ3) is 5.92. The van der Waals surface area contributed by atoms with Crippen LogP contribution >= 0.6 is 0 Å². The first-order valence-electron chi connectivity index (χ1n) is 12.4. The van der Waals surface area contributed by atoms with Gasteiger partial charge in [-0.05, 0) is 63.8 Å². The summed E-state index contributed by atoms with van der Waals surface area (Å²) < 4.78 is 35.0. The lowest BCUT2D eigenvalue weighted by molar-refractivity contribution is 0.0712. The molecule has 0 bridgehead atoms. The minimum Gasteiger partial charge on any atom is -0.487 e. The Kier molecular flexibility index (Phi) is 7.69. The van der Waals surface area contributed by atoms with Gasteiger partial charge in [-0.25, -0.2) is 8.42 Å². The van der Waals surface area contributed by atoms with Gasteiger partial charge >= 0.3 is 0 Å². The molecule has 0 radical (unpaired) electrons. The molecule has 1 aromatic carbocycles. The van der Waals surface area contributed by atoms with Crippen molar-refractivity contribution >= 4 is 10.0 Å². The van der Waals surface area contributed by atoms with Crippen LogP contribution in [0.1, 0.15) is 57.9 Å². The Balaban J connectivity index is 1.65. The van der Waals surface area contributed by atoms with Crippen LogP contribution in [0.25, 0.3) is 0 Å². The van der Waals surface area contributed by atoms with Crippen molar-refractivity contribution in [1.29, 1.82) is 0 Å². The van der Waals surface area contributed by atoms with Gasteiger partial charge in [0.1, 0.15) is 16.7 Å². The van der Waals surface area contributed by atoms with E-state index in [4.69, 9.17) is 4.74 Å². The van der Waals surface area contributed by atoms with E-state index in [0.717, 1.165) is 37.4 Å². The number of aliphatic hydroxyl groups is 1. The van der Waals surface area contributed by atoms with Crippen molar-refractivity contribution in [2.75, 3.05) is 33.3 Å². The van der Waals surface area contributed by atoms with Crippen LogP contribution in [-0.4, -0.2) is 68.2 Å². The summed E-state index contributed by atoms with van der Waals surface area (Å²) >= 11 is 0. The molecular formula is C26H38N2O4S. The molecular weight excluding hydrogens is 436 g/mol. The number of rotatable bonds is 6.